The first-order valence-electron chi connectivity index (χ1n) is 13.5. The maximum Gasteiger partial charge on any atom is 0.407 e. The van der Waals surface area contributed by atoms with Crippen LogP contribution in [0, 0.1) is 5.41 Å². The molecule has 2 atom stereocenters. The van der Waals surface area contributed by atoms with Crippen LogP contribution in [0.15, 0.2) is 78.0 Å². The molecule has 2 aliphatic rings. The van der Waals surface area contributed by atoms with Gasteiger partial charge in [-0.25, -0.2) is 4.79 Å². The van der Waals surface area contributed by atoms with Gasteiger partial charge >= 0.3 is 6.09 Å². The lowest BCUT2D eigenvalue weighted by Gasteiger charge is -2.31. The van der Waals surface area contributed by atoms with E-state index in [2.05, 4.69) is 53.4 Å². The molecule has 2 N–H and O–H groups in total. The Hall–Kier alpha value is -4.53. The molecule has 1 aromatic heterocycles. The van der Waals surface area contributed by atoms with Crippen LogP contribution in [0.4, 0.5) is 4.79 Å². The summed E-state index contributed by atoms with van der Waals surface area (Å²) in [6, 6.07) is 19.4. The van der Waals surface area contributed by atoms with E-state index >= 15 is 0 Å². The third-order valence-electron chi connectivity index (χ3n) is 7.15. The highest BCUT2D eigenvalue weighted by molar-refractivity contribution is 6.46. The molecule has 0 radical (unpaired) electrons. The predicted octanol–water partition coefficient (Wildman–Crippen LogP) is 4.33. The van der Waals surface area contributed by atoms with Crippen LogP contribution in [0.2, 0.25) is 0 Å². The summed E-state index contributed by atoms with van der Waals surface area (Å²) in [5.74, 6) is 0.231. The second-order valence-corrected chi connectivity index (χ2v) is 10.3. The first-order valence-corrected chi connectivity index (χ1v) is 13.5. The van der Waals surface area contributed by atoms with Crippen molar-refractivity contribution in [2.24, 2.45) is 4.99 Å². The molecule has 1 fully saturated rings. The molecule has 0 aliphatic carbocycles. The van der Waals surface area contributed by atoms with Crippen molar-refractivity contribution in [3.8, 4) is 5.75 Å². The van der Waals surface area contributed by atoms with Gasteiger partial charge in [0.1, 0.15) is 24.2 Å². The Bertz CT molecular complexity index is 1390. The van der Waals surface area contributed by atoms with E-state index in [1.54, 1.807) is 29.4 Å². The lowest BCUT2D eigenvalue weighted by atomic mass is 9.85. The molecule has 9 nitrogen and oxygen atoms in total. The number of nitrogens with one attached hydrogen (secondary N) is 2. The minimum atomic E-state index is -0.681. The van der Waals surface area contributed by atoms with Crippen molar-refractivity contribution >= 4 is 23.4 Å². The molecule has 5 rings (SSSR count). The van der Waals surface area contributed by atoms with E-state index < -0.39 is 18.1 Å². The van der Waals surface area contributed by atoms with Crippen molar-refractivity contribution in [2.75, 3.05) is 26.2 Å². The quantitative estimate of drug-likeness (QED) is 0.372. The smallest absolute Gasteiger partial charge is 0.407 e. The van der Waals surface area contributed by atoms with E-state index in [-0.39, 0.29) is 18.2 Å². The second-order valence-electron chi connectivity index (χ2n) is 10.3. The Morgan fingerprint density at radius 3 is 2.40 bits per heavy atom. The summed E-state index contributed by atoms with van der Waals surface area (Å²) in [4.78, 5) is 35.4. The minimum absolute atomic E-state index is 0.254. The van der Waals surface area contributed by atoms with Gasteiger partial charge in [0.05, 0.1) is 31.3 Å². The first-order chi connectivity index (χ1) is 19.4. The van der Waals surface area contributed by atoms with Crippen LogP contribution in [0.25, 0.3) is 0 Å². The third kappa shape index (κ3) is 6.20. The fourth-order valence-electron chi connectivity index (χ4n) is 4.87. The van der Waals surface area contributed by atoms with Gasteiger partial charge in [-0.05, 0) is 52.4 Å². The number of benzene rings is 2. The first kappa shape index (κ1) is 27.1. The van der Waals surface area contributed by atoms with Crippen LogP contribution in [0.5, 0.6) is 5.75 Å². The van der Waals surface area contributed by atoms with Crippen molar-refractivity contribution in [1.29, 1.82) is 5.41 Å². The Balaban J connectivity index is 1.35. The van der Waals surface area contributed by atoms with Gasteiger partial charge in [-0.2, -0.15) is 0 Å². The largest absolute Gasteiger partial charge is 0.489 e. The van der Waals surface area contributed by atoms with Crippen LogP contribution in [0.1, 0.15) is 47.9 Å². The Kier molecular flexibility index (Phi) is 8.19. The molecule has 3 aromatic rings. The highest BCUT2D eigenvalue weighted by atomic mass is 16.6. The number of aliphatic imine (C=N–C) groups is 1. The minimum Gasteiger partial charge on any atom is -0.489 e. The fourth-order valence-corrected chi connectivity index (χ4v) is 4.87. The summed E-state index contributed by atoms with van der Waals surface area (Å²) >= 11 is 0. The Morgan fingerprint density at radius 2 is 1.75 bits per heavy atom. The number of ether oxygens (including phenoxy) is 2. The van der Waals surface area contributed by atoms with Crippen molar-refractivity contribution in [3.63, 3.8) is 0 Å². The van der Waals surface area contributed by atoms with Gasteiger partial charge < -0.3 is 25.1 Å². The SMILES string of the molecule is CC(C)c1ccc(COc2ccc(C(C(=N)c3ccncc3)C3=NCCN(CC4CNC(=O)O4)C3=O)cc2)cc1. The lowest BCUT2D eigenvalue weighted by Crippen LogP contribution is -2.48. The van der Waals surface area contributed by atoms with Crippen molar-refractivity contribution < 1.29 is 19.1 Å². The Labute approximate surface area is 233 Å². The standard InChI is InChI=1S/C31H33N5O4/c1-20(2)22-5-3-21(4-6-22)19-39-25-9-7-23(8-10-25)27(28(32)24-11-13-33-14-12-24)29-30(37)36(16-15-34-29)18-26-17-35-31(38)40-26/h3-14,20,26-27,32H,15-19H2,1-2H3,(H,35,38). The zero-order chi connectivity index (χ0) is 28.1. The molecule has 2 unspecified atom stereocenters. The molecule has 2 aromatic carbocycles. The maximum atomic E-state index is 13.6. The summed E-state index contributed by atoms with van der Waals surface area (Å²) in [6.45, 7) is 6.24. The number of nitrogens with zero attached hydrogens (tertiary/aromatic N) is 3. The number of carbonyl (C=O) groups excluding carboxylic acids is 2. The summed E-state index contributed by atoms with van der Waals surface area (Å²) in [5.41, 5.74) is 4.34. The van der Waals surface area contributed by atoms with Gasteiger partial charge in [0.2, 0.25) is 0 Å². The zero-order valence-electron chi connectivity index (χ0n) is 22.7. The van der Waals surface area contributed by atoms with Gasteiger partial charge in [0.25, 0.3) is 5.91 Å². The van der Waals surface area contributed by atoms with Gasteiger partial charge in [-0.15, -0.1) is 0 Å². The molecule has 0 spiro atoms. The number of hydrogen-bond acceptors (Lipinski definition) is 7. The van der Waals surface area contributed by atoms with Gasteiger partial charge in [0.15, 0.2) is 0 Å². The van der Waals surface area contributed by atoms with E-state index in [0.29, 0.717) is 49.2 Å². The number of rotatable bonds is 10. The summed E-state index contributed by atoms with van der Waals surface area (Å²) < 4.78 is 11.3. The molecule has 2 aliphatic heterocycles. The number of hydrogen-bond donors (Lipinski definition) is 2. The molecular weight excluding hydrogens is 506 g/mol. The number of alkyl carbamates (subject to hydrolysis) is 1. The zero-order valence-corrected chi connectivity index (χ0v) is 22.7. The lowest BCUT2D eigenvalue weighted by molar-refractivity contribution is -0.125. The second kappa shape index (κ2) is 12.1. The Morgan fingerprint density at radius 1 is 1.05 bits per heavy atom. The van der Waals surface area contributed by atoms with E-state index in [4.69, 9.17) is 14.9 Å². The molecule has 0 bridgehead atoms. The van der Waals surface area contributed by atoms with Crippen LogP contribution in [0.3, 0.4) is 0 Å². The normalized spacial score (nSPS) is 17.7. The van der Waals surface area contributed by atoms with Crippen LogP contribution >= 0.6 is 0 Å². The molecular formula is C31H33N5O4. The number of cyclic esters (lactones) is 1. The molecule has 1 saturated heterocycles. The van der Waals surface area contributed by atoms with E-state index in [1.807, 2.05) is 24.3 Å². The molecule has 2 amide bonds. The highest BCUT2D eigenvalue weighted by Crippen LogP contribution is 2.28. The fraction of sp³-hybridized carbons (Fsp3) is 0.323. The van der Waals surface area contributed by atoms with Crippen LogP contribution < -0.4 is 10.1 Å². The number of amides is 2. The van der Waals surface area contributed by atoms with E-state index in [9.17, 15) is 9.59 Å². The van der Waals surface area contributed by atoms with Gasteiger partial charge in [-0.1, -0.05) is 50.2 Å². The average molecular weight is 540 g/mol. The monoisotopic (exact) mass is 539 g/mol. The van der Waals surface area contributed by atoms with E-state index in [0.717, 1.165) is 11.1 Å². The molecule has 3 heterocycles. The predicted molar refractivity (Wildman–Crippen MR) is 152 cm³/mol. The maximum absolute atomic E-state index is 13.6. The number of pyridine rings is 1. The van der Waals surface area contributed by atoms with Crippen molar-refractivity contribution in [3.05, 3.63) is 95.3 Å². The average Bonchev–Trinajstić information content (AvgIpc) is 3.39. The summed E-state index contributed by atoms with van der Waals surface area (Å²) in [6.07, 6.45) is 2.37. The van der Waals surface area contributed by atoms with Crippen molar-refractivity contribution in [2.45, 2.75) is 38.4 Å². The van der Waals surface area contributed by atoms with E-state index in [1.165, 1.54) is 5.56 Å². The molecule has 206 valence electrons. The topological polar surface area (TPSA) is 117 Å². The third-order valence-corrected chi connectivity index (χ3v) is 7.15. The molecule has 9 heteroatoms. The van der Waals surface area contributed by atoms with Crippen LogP contribution in [-0.2, 0) is 16.1 Å². The number of carbonyl (C=O) groups is 2. The number of aromatic nitrogens is 1. The van der Waals surface area contributed by atoms with Crippen LogP contribution in [-0.4, -0.2) is 65.6 Å². The van der Waals surface area contributed by atoms with Crippen molar-refractivity contribution in [1.82, 2.24) is 15.2 Å². The molecule has 0 saturated carbocycles. The highest BCUT2D eigenvalue weighted by Gasteiger charge is 2.36. The summed E-state index contributed by atoms with van der Waals surface area (Å²) in [5, 5.41) is 11.7. The van der Waals surface area contributed by atoms with Gasteiger partial charge in [0, 0.05) is 18.9 Å². The molecule has 40 heavy (non-hydrogen) atoms. The summed E-state index contributed by atoms with van der Waals surface area (Å²) in [7, 11) is 0. The van der Waals surface area contributed by atoms with Gasteiger partial charge in [-0.3, -0.25) is 14.8 Å².